The molecule has 0 unspecified atom stereocenters. The van der Waals surface area contributed by atoms with E-state index in [0.29, 0.717) is 0 Å². The molecule has 0 amide bonds. The van der Waals surface area contributed by atoms with Crippen LogP contribution in [0.4, 0.5) is 0 Å². The first-order chi connectivity index (χ1) is 9.70. The standard InChI is InChI=1S/C14H16O7/c1-10-5-18-8(16)11(10,2)7-13-4-6(15)19-14(10,13)21-9(17)12(13,3)20-7/h7,9,17H,4-5H2,1-3H3/t7-,9-,10+,11-,12+,13+,14+/m0/s1. The first-order valence-corrected chi connectivity index (χ1v) is 7.12. The Labute approximate surface area is 120 Å². The number of aliphatic hydroxyl groups is 1. The molecule has 4 saturated heterocycles. The van der Waals surface area contributed by atoms with Crippen molar-refractivity contribution < 1.29 is 33.6 Å². The fourth-order valence-electron chi connectivity index (χ4n) is 5.64. The summed E-state index contributed by atoms with van der Waals surface area (Å²) in [5.74, 6) is -2.11. The van der Waals surface area contributed by atoms with Gasteiger partial charge in [0.1, 0.15) is 23.0 Å². The van der Waals surface area contributed by atoms with Crippen molar-refractivity contribution in [3.8, 4) is 0 Å². The Morgan fingerprint density at radius 3 is 2.62 bits per heavy atom. The Balaban J connectivity index is 1.85. The SMILES string of the molecule is C[C@@]12COC(=O)[C@]1(C)[C@@H]1O[C@]3(C)[C@@H](O)O[C@]24OC(=O)C[C@]143. The highest BCUT2D eigenvalue weighted by molar-refractivity contribution is 5.86. The molecule has 5 fully saturated rings. The number of hydrogen-bond donors (Lipinski definition) is 1. The van der Waals surface area contributed by atoms with Crippen molar-refractivity contribution in [2.45, 2.75) is 51.0 Å². The summed E-state index contributed by atoms with van der Waals surface area (Å²) in [7, 11) is 0. The van der Waals surface area contributed by atoms with Crippen molar-refractivity contribution in [1.29, 1.82) is 0 Å². The van der Waals surface area contributed by atoms with Gasteiger partial charge in [0.2, 0.25) is 5.79 Å². The van der Waals surface area contributed by atoms with Gasteiger partial charge in [0, 0.05) is 0 Å². The lowest BCUT2D eigenvalue weighted by molar-refractivity contribution is -0.338. The van der Waals surface area contributed by atoms with Gasteiger partial charge in [-0.3, -0.25) is 9.59 Å². The zero-order valence-corrected chi connectivity index (χ0v) is 12.0. The van der Waals surface area contributed by atoms with Crippen LogP contribution in [0.5, 0.6) is 0 Å². The number of ether oxygens (including phenoxy) is 4. The fourth-order valence-corrected chi connectivity index (χ4v) is 5.64. The molecule has 5 rings (SSSR count). The van der Waals surface area contributed by atoms with Gasteiger partial charge in [0.15, 0.2) is 6.29 Å². The minimum atomic E-state index is -1.37. The maximum absolute atomic E-state index is 12.4. The van der Waals surface area contributed by atoms with Gasteiger partial charge in [-0.15, -0.1) is 0 Å². The lowest BCUT2D eigenvalue weighted by Crippen LogP contribution is -2.72. The molecule has 114 valence electrons. The summed E-state index contributed by atoms with van der Waals surface area (Å²) in [6, 6.07) is 0. The van der Waals surface area contributed by atoms with Crippen LogP contribution in [-0.2, 0) is 28.5 Å². The van der Waals surface area contributed by atoms with Crippen LogP contribution in [0.2, 0.25) is 0 Å². The Hall–Kier alpha value is -1.18. The minimum Gasteiger partial charge on any atom is -0.464 e. The molecule has 0 aromatic heterocycles. The van der Waals surface area contributed by atoms with E-state index < -0.39 is 40.0 Å². The van der Waals surface area contributed by atoms with Crippen molar-refractivity contribution in [2.24, 2.45) is 16.2 Å². The monoisotopic (exact) mass is 296 g/mol. The lowest BCUT2D eigenvalue weighted by Gasteiger charge is -2.57. The normalized spacial score (nSPS) is 66.3. The maximum Gasteiger partial charge on any atom is 0.315 e. The van der Waals surface area contributed by atoms with Crippen LogP contribution in [0.25, 0.3) is 0 Å². The molecule has 1 spiro atoms. The van der Waals surface area contributed by atoms with Crippen molar-refractivity contribution in [1.82, 2.24) is 0 Å². The summed E-state index contributed by atoms with van der Waals surface area (Å²) in [6.07, 6.45) is -1.67. The second-order valence-electron chi connectivity index (χ2n) is 7.42. The van der Waals surface area contributed by atoms with Gasteiger partial charge in [-0.2, -0.15) is 0 Å². The van der Waals surface area contributed by atoms with E-state index in [1.807, 2.05) is 6.92 Å². The third-order valence-electron chi connectivity index (χ3n) is 7.03. The summed E-state index contributed by atoms with van der Waals surface area (Å²) >= 11 is 0. The second kappa shape index (κ2) is 2.73. The van der Waals surface area contributed by atoms with Gasteiger partial charge in [0.05, 0.1) is 17.9 Å². The number of esters is 2. The summed E-state index contributed by atoms with van der Waals surface area (Å²) in [5, 5.41) is 10.3. The maximum atomic E-state index is 12.4. The van der Waals surface area contributed by atoms with E-state index in [2.05, 4.69) is 0 Å². The van der Waals surface area contributed by atoms with Gasteiger partial charge in [0.25, 0.3) is 0 Å². The first-order valence-electron chi connectivity index (χ1n) is 7.12. The molecule has 7 atom stereocenters. The molecule has 1 N–H and O–H groups in total. The van der Waals surface area contributed by atoms with E-state index in [0.717, 1.165) is 0 Å². The molecule has 7 nitrogen and oxygen atoms in total. The molecule has 5 aliphatic rings. The molecule has 0 aromatic carbocycles. The average molecular weight is 296 g/mol. The molecular weight excluding hydrogens is 280 g/mol. The van der Waals surface area contributed by atoms with Crippen LogP contribution >= 0.6 is 0 Å². The van der Waals surface area contributed by atoms with Gasteiger partial charge in [-0.1, -0.05) is 0 Å². The highest BCUT2D eigenvalue weighted by Gasteiger charge is 3.01. The third-order valence-corrected chi connectivity index (χ3v) is 7.03. The molecule has 4 aliphatic heterocycles. The Morgan fingerprint density at radius 1 is 1.19 bits per heavy atom. The van der Waals surface area contributed by atoms with Crippen LogP contribution in [0.3, 0.4) is 0 Å². The summed E-state index contributed by atoms with van der Waals surface area (Å²) < 4.78 is 22.6. The Kier molecular flexibility index (Phi) is 1.61. The summed E-state index contributed by atoms with van der Waals surface area (Å²) in [6.45, 7) is 5.40. The second-order valence-corrected chi connectivity index (χ2v) is 7.42. The zero-order valence-electron chi connectivity index (χ0n) is 12.0. The minimum absolute atomic E-state index is 0.0834. The number of carbonyl (C=O) groups is 2. The van der Waals surface area contributed by atoms with Crippen LogP contribution < -0.4 is 0 Å². The van der Waals surface area contributed by atoms with Crippen molar-refractivity contribution >= 4 is 11.9 Å². The summed E-state index contributed by atoms with van der Waals surface area (Å²) in [4.78, 5) is 24.4. The van der Waals surface area contributed by atoms with Crippen molar-refractivity contribution in [3.05, 3.63) is 0 Å². The fraction of sp³-hybridized carbons (Fsp3) is 0.857. The largest absolute Gasteiger partial charge is 0.464 e. The van der Waals surface area contributed by atoms with E-state index in [1.54, 1.807) is 13.8 Å². The van der Waals surface area contributed by atoms with Gasteiger partial charge >= 0.3 is 11.9 Å². The number of fused-ring (bicyclic) bond motifs is 2. The average Bonchev–Trinajstić information content (AvgIpc) is 2.92. The molecule has 1 aliphatic carbocycles. The number of cyclic esters (lactones) is 1. The number of carbonyl (C=O) groups excluding carboxylic acids is 2. The van der Waals surface area contributed by atoms with Crippen molar-refractivity contribution in [3.63, 3.8) is 0 Å². The van der Waals surface area contributed by atoms with E-state index >= 15 is 0 Å². The lowest BCUT2D eigenvalue weighted by atomic mass is 9.60. The third kappa shape index (κ3) is 0.740. The molecule has 7 heteroatoms. The predicted octanol–water partition coefficient (Wildman–Crippen LogP) is -0.295. The van der Waals surface area contributed by atoms with Crippen LogP contribution in [0.15, 0.2) is 0 Å². The van der Waals surface area contributed by atoms with E-state index in [-0.39, 0.29) is 25.0 Å². The van der Waals surface area contributed by atoms with Crippen LogP contribution in [0, 0.1) is 16.2 Å². The molecule has 4 heterocycles. The molecule has 1 saturated carbocycles. The number of aliphatic hydroxyl groups excluding tert-OH is 1. The molecule has 21 heavy (non-hydrogen) atoms. The number of rotatable bonds is 0. The van der Waals surface area contributed by atoms with Crippen molar-refractivity contribution in [2.75, 3.05) is 6.61 Å². The van der Waals surface area contributed by atoms with Gasteiger partial charge < -0.3 is 24.1 Å². The summed E-state index contributed by atoms with van der Waals surface area (Å²) in [5.41, 5.74) is -3.71. The van der Waals surface area contributed by atoms with Crippen LogP contribution in [-0.4, -0.2) is 47.4 Å². The molecule has 0 aromatic rings. The highest BCUT2D eigenvalue weighted by Crippen LogP contribution is 2.85. The number of hydrogen-bond acceptors (Lipinski definition) is 7. The smallest absolute Gasteiger partial charge is 0.315 e. The Morgan fingerprint density at radius 2 is 1.90 bits per heavy atom. The first kappa shape index (κ1) is 12.4. The zero-order chi connectivity index (χ0) is 15.1. The van der Waals surface area contributed by atoms with Gasteiger partial charge in [-0.05, 0) is 20.8 Å². The predicted molar refractivity (Wildman–Crippen MR) is 63.4 cm³/mol. The van der Waals surface area contributed by atoms with E-state index in [9.17, 15) is 14.7 Å². The van der Waals surface area contributed by atoms with E-state index in [1.165, 1.54) is 0 Å². The highest BCUT2D eigenvalue weighted by atomic mass is 16.8. The van der Waals surface area contributed by atoms with Crippen LogP contribution in [0.1, 0.15) is 27.2 Å². The van der Waals surface area contributed by atoms with Gasteiger partial charge in [-0.25, -0.2) is 0 Å². The molecule has 0 radical (unpaired) electrons. The molecule has 0 bridgehead atoms. The Bertz CT molecular complexity index is 633. The topological polar surface area (TPSA) is 91.3 Å². The molecular formula is C14H16O7. The van der Waals surface area contributed by atoms with E-state index in [4.69, 9.17) is 18.9 Å². The quantitative estimate of drug-likeness (QED) is 0.614.